The van der Waals surface area contributed by atoms with Gasteiger partial charge in [-0.15, -0.1) is 11.3 Å². The van der Waals surface area contributed by atoms with E-state index in [1.165, 1.54) is 17.4 Å². The number of rotatable bonds is 5. The van der Waals surface area contributed by atoms with E-state index in [-0.39, 0.29) is 18.9 Å². The number of carbonyl (C=O) groups excluding carboxylic acids is 1. The third-order valence-electron chi connectivity index (χ3n) is 3.84. The highest BCUT2D eigenvalue weighted by Gasteiger charge is 2.30. The average Bonchev–Trinajstić information content (AvgIpc) is 2.96. The standard InChI is InChI=1S/C19H13ClF3NOS2/c20-16-14-6-1-2-7-15(14)27-17(16)18(25)24-10-13(26)9-11-4-3-5-12(8-11)19(21,22)23/h1-8H,9-10H2,(H,24,25). The number of thiophene rings is 1. The van der Waals surface area contributed by atoms with Crippen LogP contribution in [0, 0.1) is 0 Å². The molecule has 1 heterocycles. The van der Waals surface area contributed by atoms with Crippen molar-refractivity contribution in [1.82, 2.24) is 5.32 Å². The summed E-state index contributed by atoms with van der Waals surface area (Å²) in [4.78, 5) is 13.2. The van der Waals surface area contributed by atoms with E-state index in [2.05, 4.69) is 5.32 Å². The quantitative estimate of drug-likeness (QED) is 0.512. The summed E-state index contributed by atoms with van der Waals surface area (Å²) in [5.74, 6) is -0.354. The zero-order chi connectivity index (χ0) is 19.6. The number of fused-ring (bicyclic) bond motifs is 1. The van der Waals surface area contributed by atoms with Crippen LogP contribution in [0.5, 0.6) is 0 Å². The molecule has 2 aromatic carbocycles. The van der Waals surface area contributed by atoms with Crippen LogP contribution in [-0.4, -0.2) is 17.3 Å². The number of amides is 1. The minimum Gasteiger partial charge on any atom is -0.347 e. The summed E-state index contributed by atoms with van der Waals surface area (Å²) in [5.41, 5.74) is -0.270. The minimum atomic E-state index is -4.40. The van der Waals surface area contributed by atoms with Gasteiger partial charge in [0.25, 0.3) is 5.91 Å². The third-order valence-corrected chi connectivity index (χ3v) is 5.81. The molecule has 0 radical (unpaired) electrons. The Hall–Kier alpha value is -1.96. The lowest BCUT2D eigenvalue weighted by atomic mass is 10.1. The number of benzene rings is 2. The molecule has 2 nitrogen and oxygen atoms in total. The number of nitrogens with one attached hydrogen (secondary N) is 1. The van der Waals surface area contributed by atoms with Crippen molar-refractivity contribution in [3.8, 4) is 0 Å². The largest absolute Gasteiger partial charge is 0.416 e. The predicted molar refractivity (Wildman–Crippen MR) is 107 cm³/mol. The SMILES string of the molecule is O=C(NCC(=S)Cc1cccc(C(F)(F)F)c1)c1sc2ccccc2c1Cl. The van der Waals surface area contributed by atoms with E-state index in [0.717, 1.165) is 22.2 Å². The van der Waals surface area contributed by atoms with Gasteiger partial charge in [0.05, 0.1) is 10.6 Å². The van der Waals surface area contributed by atoms with Crippen molar-refractivity contribution in [3.05, 3.63) is 69.6 Å². The van der Waals surface area contributed by atoms with Crippen LogP contribution < -0.4 is 5.32 Å². The number of thiocarbonyl (C=S) groups is 1. The molecule has 0 saturated heterocycles. The zero-order valence-electron chi connectivity index (χ0n) is 13.8. The van der Waals surface area contributed by atoms with E-state index in [1.54, 1.807) is 6.07 Å². The lowest BCUT2D eigenvalue weighted by Crippen LogP contribution is -2.29. The van der Waals surface area contributed by atoms with Gasteiger partial charge in [0.2, 0.25) is 0 Å². The van der Waals surface area contributed by atoms with Crippen molar-refractivity contribution >= 4 is 56.0 Å². The molecule has 3 rings (SSSR count). The van der Waals surface area contributed by atoms with Gasteiger partial charge >= 0.3 is 6.18 Å². The summed E-state index contributed by atoms with van der Waals surface area (Å²) >= 11 is 12.8. The van der Waals surface area contributed by atoms with E-state index in [9.17, 15) is 18.0 Å². The third kappa shape index (κ3) is 4.66. The molecule has 0 saturated carbocycles. The van der Waals surface area contributed by atoms with Gasteiger partial charge in [-0.25, -0.2) is 0 Å². The van der Waals surface area contributed by atoms with Gasteiger partial charge in [-0.1, -0.05) is 60.2 Å². The number of carbonyl (C=O) groups is 1. The van der Waals surface area contributed by atoms with Crippen LogP contribution in [-0.2, 0) is 12.6 Å². The van der Waals surface area contributed by atoms with Crippen LogP contribution in [0.1, 0.15) is 20.8 Å². The molecular weight excluding hydrogens is 415 g/mol. The van der Waals surface area contributed by atoms with Crippen LogP contribution in [0.15, 0.2) is 48.5 Å². The first-order chi connectivity index (χ1) is 12.8. The average molecular weight is 428 g/mol. The van der Waals surface area contributed by atoms with Crippen LogP contribution in [0.25, 0.3) is 10.1 Å². The first-order valence-electron chi connectivity index (χ1n) is 7.89. The van der Waals surface area contributed by atoms with Gasteiger partial charge in [-0.2, -0.15) is 13.2 Å². The summed E-state index contributed by atoms with van der Waals surface area (Å²) in [6.45, 7) is 0.0784. The number of hydrogen-bond acceptors (Lipinski definition) is 3. The lowest BCUT2D eigenvalue weighted by molar-refractivity contribution is -0.137. The molecule has 0 unspecified atom stereocenters. The molecule has 8 heteroatoms. The first-order valence-corrected chi connectivity index (χ1v) is 9.49. The van der Waals surface area contributed by atoms with Crippen molar-refractivity contribution in [2.24, 2.45) is 0 Å². The summed E-state index contributed by atoms with van der Waals surface area (Å²) < 4.78 is 39.2. The number of alkyl halides is 3. The second kappa shape index (κ2) is 7.96. The molecule has 0 aliphatic carbocycles. The van der Waals surface area contributed by atoms with Crippen molar-refractivity contribution < 1.29 is 18.0 Å². The molecule has 140 valence electrons. The van der Waals surface area contributed by atoms with E-state index < -0.39 is 11.7 Å². The maximum atomic E-state index is 12.8. The monoisotopic (exact) mass is 427 g/mol. The van der Waals surface area contributed by atoms with Crippen molar-refractivity contribution in [1.29, 1.82) is 0 Å². The fourth-order valence-corrected chi connectivity index (χ4v) is 4.24. The summed E-state index contributed by atoms with van der Waals surface area (Å²) in [7, 11) is 0. The van der Waals surface area contributed by atoms with Gasteiger partial charge in [0, 0.05) is 27.9 Å². The smallest absolute Gasteiger partial charge is 0.347 e. The Bertz CT molecular complexity index is 1010. The van der Waals surface area contributed by atoms with Gasteiger partial charge in [-0.3, -0.25) is 4.79 Å². The zero-order valence-corrected chi connectivity index (χ0v) is 16.2. The maximum Gasteiger partial charge on any atom is 0.416 e. The molecule has 3 aromatic rings. The van der Waals surface area contributed by atoms with Gasteiger partial charge in [-0.05, 0) is 17.7 Å². The molecule has 0 aliphatic heterocycles. The van der Waals surface area contributed by atoms with E-state index in [1.807, 2.05) is 24.3 Å². The molecule has 0 aliphatic rings. The molecule has 27 heavy (non-hydrogen) atoms. The molecule has 1 aromatic heterocycles. The first kappa shape index (κ1) is 19.8. The van der Waals surface area contributed by atoms with Gasteiger partial charge in [0.1, 0.15) is 4.88 Å². The fraction of sp³-hybridized carbons (Fsp3) is 0.158. The highest BCUT2D eigenvalue weighted by Crippen LogP contribution is 2.35. The second-order valence-corrected chi connectivity index (χ2v) is 7.85. The van der Waals surface area contributed by atoms with Crippen LogP contribution in [0.4, 0.5) is 13.2 Å². The summed E-state index contributed by atoms with van der Waals surface area (Å²) in [6.07, 6.45) is -4.23. The van der Waals surface area contributed by atoms with Gasteiger partial charge < -0.3 is 5.32 Å². The summed E-state index contributed by atoms with van der Waals surface area (Å²) in [6, 6.07) is 12.4. The van der Waals surface area contributed by atoms with Crippen LogP contribution >= 0.6 is 35.2 Å². The van der Waals surface area contributed by atoms with Crippen LogP contribution in [0.2, 0.25) is 5.02 Å². The highest BCUT2D eigenvalue weighted by atomic mass is 35.5. The Morgan fingerprint density at radius 3 is 2.59 bits per heavy atom. The number of halogens is 4. The normalized spacial score (nSPS) is 11.6. The number of hydrogen-bond donors (Lipinski definition) is 1. The highest BCUT2D eigenvalue weighted by molar-refractivity contribution is 7.80. The van der Waals surface area contributed by atoms with Crippen molar-refractivity contribution in [3.63, 3.8) is 0 Å². The Morgan fingerprint density at radius 2 is 1.89 bits per heavy atom. The molecule has 0 spiro atoms. The van der Waals surface area contributed by atoms with E-state index >= 15 is 0 Å². The molecular formula is C19H13ClF3NOS2. The topological polar surface area (TPSA) is 29.1 Å². The minimum absolute atomic E-state index is 0.0784. The maximum absolute atomic E-state index is 12.8. The molecule has 0 fully saturated rings. The second-order valence-electron chi connectivity index (χ2n) is 5.84. The Morgan fingerprint density at radius 1 is 1.15 bits per heavy atom. The lowest BCUT2D eigenvalue weighted by Gasteiger charge is -2.10. The molecule has 0 bridgehead atoms. The molecule has 0 atom stereocenters. The van der Waals surface area contributed by atoms with E-state index in [0.29, 0.717) is 20.3 Å². The Balaban J connectivity index is 1.63. The summed E-state index contributed by atoms with van der Waals surface area (Å²) in [5, 5.41) is 3.88. The van der Waals surface area contributed by atoms with Crippen molar-refractivity contribution in [2.45, 2.75) is 12.6 Å². The Kier molecular flexibility index (Phi) is 5.83. The van der Waals surface area contributed by atoms with Crippen LogP contribution in [0.3, 0.4) is 0 Å². The van der Waals surface area contributed by atoms with Gasteiger partial charge in [0.15, 0.2) is 0 Å². The Labute approximate surface area is 168 Å². The van der Waals surface area contributed by atoms with Crippen molar-refractivity contribution in [2.75, 3.05) is 6.54 Å². The van der Waals surface area contributed by atoms with E-state index in [4.69, 9.17) is 23.8 Å². The predicted octanol–water partition coefficient (Wildman–Crippen LogP) is 5.92. The fourth-order valence-electron chi connectivity index (χ4n) is 2.57. The molecule has 1 N–H and O–H groups in total. The molecule has 1 amide bonds.